The fraction of sp³-hybridized carbons (Fsp3) is 0.146. The third-order valence-electron chi connectivity index (χ3n) is 10.2. The molecule has 0 radical (unpaired) electrons. The highest BCUT2D eigenvalue weighted by Crippen LogP contribution is 2.53. The molecule has 5 aromatic carbocycles. The van der Waals surface area contributed by atoms with Crippen molar-refractivity contribution in [3.63, 3.8) is 0 Å². The van der Waals surface area contributed by atoms with E-state index in [1.54, 1.807) is 0 Å². The SMILES string of the molecule is CC1(C)c2ccccc2-c2cc(-c3ccc(-n4c5ccccc5c5c6c(ccc54)-c4ccccc4C6(C)C)nc3)ccc21. The normalized spacial score (nSPS) is 15.3. The van der Waals surface area contributed by atoms with E-state index < -0.39 is 0 Å². The van der Waals surface area contributed by atoms with Gasteiger partial charge in [-0.3, -0.25) is 4.57 Å². The molecule has 43 heavy (non-hydrogen) atoms. The van der Waals surface area contributed by atoms with Gasteiger partial charge in [-0.25, -0.2) is 4.98 Å². The van der Waals surface area contributed by atoms with E-state index in [2.05, 4.69) is 148 Å². The molecule has 2 aliphatic rings. The van der Waals surface area contributed by atoms with Gasteiger partial charge in [-0.2, -0.15) is 0 Å². The second-order valence-corrected chi connectivity index (χ2v) is 13.2. The maximum atomic E-state index is 5.10. The summed E-state index contributed by atoms with van der Waals surface area (Å²) < 4.78 is 2.34. The van der Waals surface area contributed by atoms with E-state index >= 15 is 0 Å². The molecule has 9 rings (SSSR count). The zero-order valence-electron chi connectivity index (χ0n) is 24.9. The van der Waals surface area contributed by atoms with Crippen molar-refractivity contribution < 1.29 is 0 Å². The minimum atomic E-state index is -0.0849. The Balaban J connectivity index is 1.20. The van der Waals surface area contributed by atoms with Gasteiger partial charge in [-0.05, 0) is 80.4 Å². The lowest BCUT2D eigenvalue weighted by atomic mass is 9.80. The molecule has 0 N–H and O–H groups in total. The maximum absolute atomic E-state index is 5.10. The molecular formula is C41H32N2. The van der Waals surface area contributed by atoms with Crippen LogP contribution in [0.15, 0.2) is 121 Å². The van der Waals surface area contributed by atoms with E-state index in [1.807, 2.05) is 6.20 Å². The Hall–Kier alpha value is -4.95. The van der Waals surface area contributed by atoms with Gasteiger partial charge in [0.1, 0.15) is 5.82 Å². The Bertz CT molecular complexity index is 2280. The van der Waals surface area contributed by atoms with Gasteiger partial charge < -0.3 is 0 Å². The highest BCUT2D eigenvalue weighted by Gasteiger charge is 2.38. The second kappa shape index (κ2) is 8.33. The number of hydrogen-bond acceptors (Lipinski definition) is 1. The van der Waals surface area contributed by atoms with Crippen LogP contribution in [0.2, 0.25) is 0 Å². The summed E-state index contributed by atoms with van der Waals surface area (Å²) in [6, 6.07) is 42.4. The van der Waals surface area contributed by atoms with Crippen molar-refractivity contribution in [1.82, 2.24) is 9.55 Å². The summed E-state index contributed by atoms with van der Waals surface area (Å²) in [6.07, 6.45) is 2.04. The Labute approximate surface area is 252 Å². The smallest absolute Gasteiger partial charge is 0.137 e. The minimum Gasteiger partial charge on any atom is -0.294 e. The third-order valence-corrected chi connectivity index (χ3v) is 10.2. The number of para-hydroxylation sites is 1. The summed E-state index contributed by atoms with van der Waals surface area (Å²) in [4.78, 5) is 5.10. The number of hydrogen-bond donors (Lipinski definition) is 0. The average molecular weight is 553 g/mol. The van der Waals surface area contributed by atoms with Gasteiger partial charge in [0, 0.05) is 33.4 Å². The molecule has 0 atom stereocenters. The second-order valence-electron chi connectivity index (χ2n) is 13.2. The van der Waals surface area contributed by atoms with Crippen LogP contribution in [0.5, 0.6) is 0 Å². The predicted molar refractivity (Wildman–Crippen MR) is 179 cm³/mol. The molecule has 0 bridgehead atoms. The van der Waals surface area contributed by atoms with Gasteiger partial charge in [0.05, 0.1) is 11.0 Å². The standard InChI is InChI=1S/C41H32N2/c1-40(2)32-14-8-6-12-28(32)31-23-25(17-20-34(31)40)26-18-22-37(42-24-26)43-35-16-10-7-13-30(35)38-36(43)21-19-29-27-11-5-9-15-33(27)41(3,4)39(29)38/h5-24H,1-4H3. The lowest BCUT2D eigenvalue weighted by Gasteiger charge is -2.22. The van der Waals surface area contributed by atoms with E-state index in [0.717, 1.165) is 11.4 Å². The molecule has 2 nitrogen and oxygen atoms in total. The molecule has 0 spiro atoms. The van der Waals surface area contributed by atoms with Gasteiger partial charge in [0.15, 0.2) is 0 Å². The van der Waals surface area contributed by atoms with Crippen molar-refractivity contribution in [2.45, 2.75) is 38.5 Å². The molecule has 0 saturated heterocycles. The van der Waals surface area contributed by atoms with Crippen molar-refractivity contribution in [2.24, 2.45) is 0 Å². The number of nitrogens with zero attached hydrogens (tertiary/aromatic N) is 2. The van der Waals surface area contributed by atoms with Gasteiger partial charge >= 0.3 is 0 Å². The first-order valence-corrected chi connectivity index (χ1v) is 15.2. The monoisotopic (exact) mass is 552 g/mol. The molecule has 0 unspecified atom stereocenters. The van der Waals surface area contributed by atoms with Crippen LogP contribution in [-0.2, 0) is 10.8 Å². The first kappa shape index (κ1) is 24.6. The van der Waals surface area contributed by atoms with E-state index in [-0.39, 0.29) is 10.8 Å². The zero-order chi connectivity index (χ0) is 29.1. The van der Waals surface area contributed by atoms with Crippen LogP contribution in [0.4, 0.5) is 0 Å². The molecule has 0 saturated carbocycles. The summed E-state index contributed by atoms with van der Waals surface area (Å²) in [5, 5.41) is 2.61. The summed E-state index contributed by atoms with van der Waals surface area (Å²) in [6.45, 7) is 9.39. The number of pyridine rings is 1. The first-order valence-electron chi connectivity index (χ1n) is 15.2. The Morgan fingerprint density at radius 3 is 1.93 bits per heavy atom. The lowest BCUT2D eigenvalue weighted by molar-refractivity contribution is 0.660. The molecule has 0 aliphatic heterocycles. The van der Waals surface area contributed by atoms with E-state index in [1.165, 1.54) is 71.9 Å². The van der Waals surface area contributed by atoms with Crippen LogP contribution in [0.3, 0.4) is 0 Å². The molecule has 2 aliphatic carbocycles. The highest BCUT2D eigenvalue weighted by atomic mass is 15.1. The molecule has 2 aromatic heterocycles. The largest absolute Gasteiger partial charge is 0.294 e. The van der Waals surface area contributed by atoms with Crippen LogP contribution < -0.4 is 0 Å². The van der Waals surface area contributed by atoms with Crippen LogP contribution in [0.25, 0.3) is 61.0 Å². The zero-order valence-corrected chi connectivity index (χ0v) is 24.9. The van der Waals surface area contributed by atoms with Gasteiger partial charge in [0.25, 0.3) is 0 Å². The van der Waals surface area contributed by atoms with E-state index in [4.69, 9.17) is 4.98 Å². The van der Waals surface area contributed by atoms with Crippen LogP contribution in [-0.4, -0.2) is 9.55 Å². The van der Waals surface area contributed by atoms with Crippen LogP contribution >= 0.6 is 0 Å². The molecule has 0 amide bonds. The minimum absolute atomic E-state index is 0.0131. The van der Waals surface area contributed by atoms with Crippen molar-refractivity contribution in [3.05, 3.63) is 144 Å². The van der Waals surface area contributed by atoms with Crippen molar-refractivity contribution in [2.75, 3.05) is 0 Å². The number of benzene rings is 5. The first-order chi connectivity index (χ1) is 20.9. The predicted octanol–water partition coefficient (Wildman–Crippen LogP) is 10.5. The van der Waals surface area contributed by atoms with Gasteiger partial charge in [-0.1, -0.05) is 113 Å². The Morgan fingerprint density at radius 2 is 1.16 bits per heavy atom. The summed E-state index contributed by atoms with van der Waals surface area (Å²) >= 11 is 0. The fourth-order valence-electron chi connectivity index (χ4n) is 8.17. The molecule has 206 valence electrons. The van der Waals surface area contributed by atoms with Crippen molar-refractivity contribution in [3.8, 4) is 39.2 Å². The van der Waals surface area contributed by atoms with Crippen molar-refractivity contribution in [1.29, 1.82) is 0 Å². The summed E-state index contributed by atoms with van der Waals surface area (Å²) in [5.74, 6) is 0.941. The molecule has 0 fully saturated rings. The third kappa shape index (κ3) is 3.16. The Morgan fingerprint density at radius 1 is 0.512 bits per heavy atom. The van der Waals surface area contributed by atoms with Gasteiger partial charge in [0.2, 0.25) is 0 Å². The summed E-state index contributed by atoms with van der Waals surface area (Å²) in [7, 11) is 0. The number of aromatic nitrogens is 2. The van der Waals surface area contributed by atoms with Crippen LogP contribution in [0.1, 0.15) is 49.9 Å². The molecule has 7 aromatic rings. The number of rotatable bonds is 2. The summed E-state index contributed by atoms with van der Waals surface area (Å²) in [5.41, 5.74) is 15.6. The van der Waals surface area contributed by atoms with Crippen LogP contribution in [0, 0.1) is 0 Å². The molecule has 2 heteroatoms. The number of fused-ring (bicyclic) bond motifs is 10. The quantitative estimate of drug-likeness (QED) is 0.209. The highest BCUT2D eigenvalue weighted by molar-refractivity contribution is 6.14. The van der Waals surface area contributed by atoms with E-state index in [9.17, 15) is 0 Å². The van der Waals surface area contributed by atoms with Gasteiger partial charge in [-0.15, -0.1) is 0 Å². The Kier molecular flexibility index (Phi) is 4.77. The molecule has 2 heterocycles. The maximum Gasteiger partial charge on any atom is 0.137 e. The fourth-order valence-corrected chi connectivity index (χ4v) is 8.17. The van der Waals surface area contributed by atoms with Crippen molar-refractivity contribution >= 4 is 21.8 Å². The molecular weight excluding hydrogens is 520 g/mol. The lowest BCUT2D eigenvalue weighted by Crippen LogP contribution is -2.15. The van der Waals surface area contributed by atoms with E-state index in [0.29, 0.717) is 0 Å². The average Bonchev–Trinajstić information content (AvgIpc) is 3.58. The topological polar surface area (TPSA) is 17.8 Å².